The molecule has 0 aliphatic heterocycles. The van der Waals surface area contributed by atoms with Crippen LogP contribution in [0.3, 0.4) is 0 Å². The van der Waals surface area contributed by atoms with E-state index in [0.717, 1.165) is 5.56 Å². The van der Waals surface area contributed by atoms with Gasteiger partial charge in [-0.25, -0.2) is 4.79 Å². The van der Waals surface area contributed by atoms with Crippen molar-refractivity contribution in [2.24, 2.45) is 0 Å². The van der Waals surface area contributed by atoms with Crippen molar-refractivity contribution in [3.63, 3.8) is 0 Å². The van der Waals surface area contributed by atoms with Crippen LogP contribution in [0.15, 0.2) is 54.6 Å². The number of benzene rings is 2. The van der Waals surface area contributed by atoms with Crippen molar-refractivity contribution in [3.05, 3.63) is 60.2 Å². The quantitative estimate of drug-likeness (QED) is 0.739. The van der Waals surface area contributed by atoms with Gasteiger partial charge in [-0.3, -0.25) is 4.79 Å². The highest BCUT2D eigenvalue weighted by atomic mass is 16.5. The van der Waals surface area contributed by atoms with Crippen LogP contribution in [0.5, 0.6) is 0 Å². The minimum absolute atomic E-state index is 0.145. The molecule has 1 unspecified atom stereocenters. The number of hydrogen-bond donors (Lipinski definition) is 3. The first kappa shape index (κ1) is 16.4. The van der Waals surface area contributed by atoms with Crippen LogP contribution in [0, 0.1) is 0 Å². The molecule has 6 heteroatoms. The van der Waals surface area contributed by atoms with E-state index in [0.29, 0.717) is 11.4 Å². The first-order chi connectivity index (χ1) is 11.1. The van der Waals surface area contributed by atoms with Crippen molar-refractivity contribution < 1.29 is 14.3 Å². The third kappa shape index (κ3) is 5.03. The van der Waals surface area contributed by atoms with Gasteiger partial charge in [0.05, 0.1) is 11.4 Å². The van der Waals surface area contributed by atoms with Gasteiger partial charge >= 0.3 is 6.09 Å². The summed E-state index contributed by atoms with van der Waals surface area (Å²) in [6.07, 6.45) is -0.655. The first-order valence-corrected chi connectivity index (χ1v) is 7.19. The molecular formula is C17H19N3O3. The molecule has 0 heterocycles. The number of amides is 2. The lowest BCUT2D eigenvalue weighted by Crippen LogP contribution is -2.41. The molecular weight excluding hydrogens is 294 g/mol. The van der Waals surface area contributed by atoms with Gasteiger partial charge in [0.15, 0.2) is 0 Å². The zero-order valence-corrected chi connectivity index (χ0v) is 12.8. The fourth-order valence-electron chi connectivity index (χ4n) is 1.86. The van der Waals surface area contributed by atoms with E-state index in [2.05, 4.69) is 10.6 Å². The number of rotatable bonds is 5. The van der Waals surface area contributed by atoms with Gasteiger partial charge in [-0.1, -0.05) is 42.5 Å². The Morgan fingerprint density at radius 2 is 1.74 bits per heavy atom. The molecule has 2 amide bonds. The van der Waals surface area contributed by atoms with Crippen molar-refractivity contribution >= 4 is 23.4 Å². The molecule has 0 saturated carbocycles. The van der Waals surface area contributed by atoms with Gasteiger partial charge in [0, 0.05) is 0 Å². The summed E-state index contributed by atoms with van der Waals surface area (Å²) in [7, 11) is 0. The average molecular weight is 313 g/mol. The number of nitrogens with two attached hydrogens (primary N) is 1. The number of anilines is 2. The van der Waals surface area contributed by atoms with Crippen molar-refractivity contribution in [2.45, 2.75) is 19.6 Å². The Morgan fingerprint density at radius 1 is 1.09 bits per heavy atom. The van der Waals surface area contributed by atoms with Crippen LogP contribution in [0.4, 0.5) is 16.2 Å². The number of nitrogens with one attached hydrogen (secondary N) is 2. The van der Waals surface area contributed by atoms with E-state index in [-0.39, 0.29) is 12.5 Å². The second-order valence-electron chi connectivity index (χ2n) is 5.00. The lowest BCUT2D eigenvalue weighted by Gasteiger charge is -2.15. The molecule has 2 rings (SSSR count). The van der Waals surface area contributed by atoms with Gasteiger partial charge in [-0.2, -0.15) is 0 Å². The maximum atomic E-state index is 12.0. The maximum Gasteiger partial charge on any atom is 0.408 e. The standard InChI is InChI=1S/C17H19N3O3/c1-12(16(21)20-15-10-6-5-9-14(15)18)19-17(22)23-11-13-7-3-2-4-8-13/h2-10,12H,11,18H2,1H3,(H,19,22)(H,20,21). The molecule has 0 spiro atoms. The van der Waals surface area contributed by atoms with Crippen LogP contribution in [0.2, 0.25) is 0 Å². The highest BCUT2D eigenvalue weighted by Crippen LogP contribution is 2.16. The van der Waals surface area contributed by atoms with Crippen molar-refractivity contribution in [1.82, 2.24) is 5.32 Å². The lowest BCUT2D eigenvalue weighted by atomic mass is 10.2. The van der Waals surface area contributed by atoms with Crippen LogP contribution >= 0.6 is 0 Å². The van der Waals surface area contributed by atoms with Crippen molar-refractivity contribution in [2.75, 3.05) is 11.1 Å². The van der Waals surface area contributed by atoms with Gasteiger partial charge in [0.1, 0.15) is 12.6 Å². The highest BCUT2D eigenvalue weighted by Gasteiger charge is 2.17. The molecule has 120 valence electrons. The second kappa shape index (κ2) is 7.84. The van der Waals surface area contributed by atoms with E-state index < -0.39 is 12.1 Å². The van der Waals surface area contributed by atoms with E-state index in [1.807, 2.05) is 30.3 Å². The number of carbonyl (C=O) groups excluding carboxylic acids is 2. The Kier molecular flexibility index (Phi) is 5.57. The molecule has 0 radical (unpaired) electrons. The molecule has 6 nitrogen and oxygen atoms in total. The number of ether oxygens (including phenoxy) is 1. The summed E-state index contributed by atoms with van der Waals surface area (Å²) < 4.78 is 5.07. The van der Waals surface area contributed by atoms with Crippen LogP contribution in [0.1, 0.15) is 12.5 Å². The summed E-state index contributed by atoms with van der Waals surface area (Å²) in [6, 6.07) is 15.4. The molecule has 0 bridgehead atoms. The van der Waals surface area contributed by atoms with E-state index in [1.165, 1.54) is 0 Å². The number of alkyl carbamates (subject to hydrolysis) is 1. The zero-order chi connectivity index (χ0) is 16.7. The van der Waals surface area contributed by atoms with Gasteiger partial charge in [0.25, 0.3) is 0 Å². The Labute approximate surface area is 134 Å². The normalized spacial score (nSPS) is 11.3. The van der Waals surface area contributed by atoms with E-state index in [9.17, 15) is 9.59 Å². The van der Waals surface area contributed by atoms with Gasteiger partial charge in [-0.15, -0.1) is 0 Å². The van der Waals surface area contributed by atoms with Gasteiger partial charge in [0.2, 0.25) is 5.91 Å². The average Bonchev–Trinajstić information content (AvgIpc) is 2.56. The predicted octanol–water partition coefficient (Wildman–Crippen LogP) is 2.52. The first-order valence-electron chi connectivity index (χ1n) is 7.19. The SMILES string of the molecule is CC(NC(=O)OCc1ccccc1)C(=O)Nc1ccccc1N. The van der Waals surface area contributed by atoms with Crippen LogP contribution < -0.4 is 16.4 Å². The van der Waals surface area contributed by atoms with E-state index >= 15 is 0 Å². The van der Waals surface area contributed by atoms with E-state index in [1.54, 1.807) is 31.2 Å². The Morgan fingerprint density at radius 3 is 2.43 bits per heavy atom. The Bertz CT molecular complexity index is 674. The van der Waals surface area contributed by atoms with Crippen LogP contribution in [-0.4, -0.2) is 18.0 Å². The minimum atomic E-state index is -0.752. The molecule has 4 N–H and O–H groups in total. The molecule has 0 fully saturated rings. The van der Waals surface area contributed by atoms with E-state index in [4.69, 9.17) is 10.5 Å². The predicted molar refractivity (Wildman–Crippen MR) is 88.7 cm³/mol. The topological polar surface area (TPSA) is 93.4 Å². The Balaban J connectivity index is 1.81. The second-order valence-corrected chi connectivity index (χ2v) is 5.00. The fraction of sp³-hybridized carbons (Fsp3) is 0.176. The summed E-state index contributed by atoms with van der Waals surface area (Å²) in [5, 5.41) is 5.13. The largest absolute Gasteiger partial charge is 0.445 e. The number of carbonyl (C=O) groups is 2. The lowest BCUT2D eigenvalue weighted by molar-refractivity contribution is -0.117. The molecule has 0 aliphatic carbocycles. The van der Waals surface area contributed by atoms with Crippen LogP contribution in [0.25, 0.3) is 0 Å². The van der Waals surface area contributed by atoms with Gasteiger partial charge in [-0.05, 0) is 24.6 Å². The summed E-state index contributed by atoms with van der Waals surface area (Å²) in [5.74, 6) is -0.375. The molecule has 0 aromatic heterocycles. The summed E-state index contributed by atoms with van der Waals surface area (Å²) in [5.41, 5.74) is 7.59. The number of hydrogen-bond acceptors (Lipinski definition) is 4. The van der Waals surface area contributed by atoms with Crippen LogP contribution in [-0.2, 0) is 16.1 Å². The molecule has 0 aliphatic rings. The fourth-order valence-corrected chi connectivity index (χ4v) is 1.86. The third-order valence-electron chi connectivity index (χ3n) is 3.16. The minimum Gasteiger partial charge on any atom is -0.445 e. The number of nitrogen functional groups attached to an aromatic ring is 1. The van der Waals surface area contributed by atoms with Crippen molar-refractivity contribution in [1.29, 1.82) is 0 Å². The van der Waals surface area contributed by atoms with Crippen molar-refractivity contribution in [3.8, 4) is 0 Å². The monoisotopic (exact) mass is 313 g/mol. The highest BCUT2D eigenvalue weighted by molar-refractivity contribution is 5.98. The molecule has 0 saturated heterocycles. The molecule has 1 atom stereocenters. The molecule has 2 aromatic carbocycles. The smallest absolute Gasteiger partial charge is 0.408 e. The molecule has 2 aromatic rings. The third-order valence-corrected chi connectivity index (χ3v) is 3.16. The summed E-state index contributed by atoms with van der Waals surface area (Å²) in [4.78, 5) is 23.8. The summed E-state index contributed by atoms with van der Waals surface area (Å²) >= 11 is 0. The zero-order valence-electron chi connectivity index (χ0n) is 12.8. The summed E-state index contributed by atoms with van der Waals surface area (Å²) in [6.45, 7) is 1.71. The number of para-hydroxylation sites is 2. The Hall–Kier alpha value is -3.02. The van der Waals surface area contributed by atoms with Gasteiger partial charge < -0.3 is 21.1 Å². The molecule has 23 heavy (non-hydrogen) atoms. The maximum absolute atomic E-state index is 12.0.